The first-order chi connectivity index (χ1) is 11.6. The molecule has 6 heteroatoms. The van der Waals surface area contributed by atoms with Crippen molar-refractivity contribution in [1.29, 1.82) is 0 Å². The highest BCUT2D eigenvalue weighted by Gasteiger charge is 2.46. The molecule has 1 atom stereocenters. The first-order valence-electron chi connectivity index (χ1n) is 8.56. The van der Waals surface area contributed by atoms with Gasteiger partial charge in [0.15, 0.2) is 5.78 Å². The van der Waals surface area contributed by atoms with Crippen molar-refractivity contribution in [1.82, 2.24) is 5.06 Å². The lowest BCUT2D eigenvalue weighted by molar-refractivity contribution is -0.196. The summed E-state index contributed by atoms with van der Waals surface area (Å²) in [7, 11) is 0. The molecule has 0 unspecified atom stereocenters. The fraction of sp³-hybridized carbons (Fsp3) is 0.579. The Hall–Kier alpha value is -1.10. The summed E-state index contributed by atoms with van der Waals surface area (Å²) >= 11 is 12.0. The number of nitrogens with zero attached hydrogens (tertiary/aromatic N) is 1. The lowest BCUT2D eigenvalue weighted by atomic mass is 9.76. The van der Waals surface area contributed by atoms with E-state index >= 15 is 0 Å². The number of carbonyl (C=O) groups excluding carboxylic acids is 2. The standard InChI is InChI=1S/C19H25Cl2NO3/c1-5-8-19(16(23)13-6-7-14(20)15(21)11-13)9-10-22(12-19)25-17(24)18(2,3)4/h6-7,11H,5,8-10,12H2,1-4H3/t19-/m0/s1. The molecule has 4 nitrogen and oxygen atoms in total. The summed E-state index contributed by atoms with van der Waals surface area (Å²) in [4.78, 5) is 30.8. The zero-order chi connectivity index (χ0) is 18.8. The van der Waals surface area contributed by atoms with Gasteiger partial charge in [0, 0.05) is 18.7 Å². The third kappa shape index (κ3) is 4.55. The minimum absolute atomic E-state index is 0.0298. The lowest BCUT2D eigenvalue weighted by Crippen LogP contribution is -2.37. The molecular weight excluding hydrogens is 361 g/mol. The predicted octanol–water partition coefficient (Wildman–Crippen LogP) is 5.17. The van der Waals surface area contributed by atoms with E-state index in [0.717, 1.165) is 12.8 Å². The van der Waals surface area contributed by atoms with E-state index in [1.54, 1.807) is 23.3 Å². The fourth-order valence-corrected chi connectivity index (χ4v) is 3.39. The van der Waals surface area contributed by atoms with Crippen LogP contribution in [-0.2, 0) is 9.63 Å². The van der Waals surface area contributed by atoms with E-state index in [4.69, 9.17) is 28.0 Å². The summed E-state index contributed by atoms with van der Waals surface area (Å²) in [5.74, 6) is -0.260. The molecule has 0 aliphatic carbocycles. The highest BCUT2D eigenvalue weighted by molar-refractivity contribution is 6.42. The van der Waals surface area contributed by atoms with Crippen LogP contribution in [0.15, 0.2) is 18.2 Å². The van der Waals surface area contributed by atoms with E-state index in [2.05, 4.69) is 0 Å². The molecular formula is C19H25Cl2NO3. The average Bonchev–Trinajstić information content (AvgIpc) is 2.93. The number of Topliss-reactive ketones (excluding diaryl/α,β-unsaturated/α-hetero) is 1. The van der Waals surface area contributed by atoms with E-state index in [1.807, 2.05) is 27.7 Å². The van der Waals surface area contributed by atoms with Gasteiger partial charge in [-0.3, -0.25) is 4.79 Å². The van der Waals surface area contributed by atoms with Gasteiger partial charge in [-0.1, -0.05) is 36.5 Å². The van der Waals surface area contributed by atoms with Crippen molar-refractivity contribution in [2.45, 2.75) is 47.0 Å². The summed E-state index contributed by atoms with van der Waals surface area (Å²) in [5, 5.41) is 2.42. The molecule has 0 spiro atoms. The zero-order valence-corrected chi connectivity index (χ0v) is 16.7. The zero-order valence-electron chi connectivity index (χ0n) is 15.2. The number of hydrogen-bond acceptors (Lipinski definition) is 4. The molecule has 25 heavy (non-hydrogen) atoms. The number of ketones is 1. The van der Waals surface area contributed by atoms with E-state index in [9.17, 15) is 9.59 Å². The van der Waals surface area contributed by atoms with Crippen LogP contribution in [0.5, 0.6) is 0 Å². The molecule has 0 N–H and O–H groups in total. The van der Waals surface area contributed by atoms with Crippen LogP contribution in [0.3, 0.4) is 0 Å². The van der Waals surface area contributed by atoms with Gasteiger partial charge in [0.1, 0.15) is 0 Å². The monoisotopic (exact) mass is 385 g/mol. The molecule has 0 amide bonds. The molecule has 1 saturated heterocycles. The average molecular weight is 386 g/mol. The van der Waals surface area contributed by atoms with Crippen molar-refractivity contribution in [3.63, 3.8) is 0 Å². The van der Waals surface area contributed by atoms with Gasteiger partial charge in [-0.25, -0.2) is 4.79 Å². The normalized spacial score (nSPS) is 21.4. The van der Waals surface area contributed by atoms with E-state index in [0.29, 0.717) is 35.1 Å². The van der Waals surface area contributed by atoms with Crippen molar-refractivity contribution >= 4 is 35.0 Å². The quantitative estimate of drug-likeness (QED) is 0.655. The van der Waals surface area contributed by atoms with Crippen LogP contribution in [-0.4, -0.2) is 29.9 Å². The summed E-state index contributed by atoms with van der Waals surface area (Å²) in [6.45, 7) is 8.44. The second kappa shape index (κ2) is 7.65. The Morgan fingerprint density at radius 3 is 2.48 bits per heavy atom. The fourth-order valence-electron chi connectivity index (χ4n) is 3.09. The van der Waals surface area contributed by atoms with Crippen LogP contribution in [0.1, 0.15) is 57.3 Å². The Morgan fingerprint density at radius 1 is 1.24 bits per heavy atom. The molecule has 138 valence electrons. The van der Waals surface area contributed by atoms with Gasteiger partial charge in [0.2, 0.25) is 0 Å². The van der Waals surface area contributed by atoms with E-state index < -0.39 is 10.8 Å². The molecule has 0 saturated carbocycles. The predicted molar refractivity (Wildman–Crippen MR) is 99.9 cm³/mol. The van der Waals surface area contributed by atoms with Crippen molar-refractivity contribution in [2.24, 2.45) is 10.8 Å². The van der Waals surface area contributed by atoms with E-state index in [-0.39, 0.29) is 11.8 Å². The first kappa shape index (κ1) is 20.2. The summed E-state index contributed by atoms with van der Waals surface area (Å²) in [6, 6.07) is 4.97. The SMILES string of the molecule is CCC[C@]1(C(=O)c2ccc(Cl)c(Cl)c2)CCN(OC(=O)C(C)(C)C)C1. The van der Waals surface area contributed by atoms with Gasteiger partial charge in [-0.2, -0.15) is 0 Å². The highest BCUT2D eigenvalue weighted by Crippen LogP contribution is 2.40. The minimum atomic E-state index is -0.580. The van der Waals surface area contributed by atoms with Crippen molar-refractivity contribution in [2.75, 3.05) is 13.1 Å². The van der Waals surface area contributed by atoms with Gasteiger partial charge in [-0.05, 0) is 51.8 Å². The Labute approximate surface area is 159 Å². The molecule has 1 fully saturated rings. The topological polar surface area (TPSA) is 46.6 Å². The third-order valence-electron chi connectivity index (χ3n) is 4.54. The van der Waals surface area contributed by atoms with Crippen LogP contribution in [0.4, 0.5) is 0 Å². The van der Waals surface area contributed by atoms with Crippen LogP contribution in [0.25, 0.3) is 0 Å². The van der Waals surface area contributed by atoms with Crippen LogP contribution >= 0.6 is 23.2 Å². The van der Waals surface area contributed by atoms with Crippen LogP contribution in [0.2, 0.25) is 10.0 Å². The molecule has 0 radical (unpaired) electrons. The maximum absolute atomic E-state index is 13.2. The Balaban J connectivity index is 2.20. The van der Waals surface area contributed by atoms with Crippen molar-refractivity contribution in [3.8, 4) is 0 Å². The highest BCUT2D eigenvalue weighted by atomic mass is 35.5. The Morgan fingerprint density at radius 2 is 1.92 bits per heavy atom. The van der Waals surface area contributed by atoms with Gasteiger partial charge in [0.05, 0.1) is 20.9 Å². The Bertz CT molecular complexity index is 669. The largest absolute Gasteiger partial charge is 0.367 e. The second-order valence-corrected chi connectivity index (χ2v) is 8.55. The van der Waals surface area contributed by atoms with Gasteiger partial charge >= 0.3 is 5.97 Å². The first-order valence-corrected chi connectivity index (χ1v) is 9.32. The molecule has 1 aliphatic rings. The molecule has 0 aromatic heterocycles. The van der Waals surface area contributed by atoms with Crippen LogP contribution in [0, 0.1) is 10.8 Å². The molecule has 2 rings (SSSR count). The number of hydrogen-bond donors (Lipinski definition) is 0. The molecule has 1 aliphatic heterocycles. The Kier molecular flexibility index (Phi) is 6.18. The summed E-state index contributed by atoms with van der Waals surface area (Å²) in [6.07, 6.45) is 2.25. The third-order valence-corrected chi connectivity index (χ3v) is 5.27. The number of carbonyl (C=O) groups is 2. The van der Waals surface area contributed by atoms with Gasteiger partial charge < -0.3 is 4.84 Å². The smallest absolute Gasteiger partial charge is 0.330 e. The lowest BCUT2D eigenvalue weighted by Gasteiger charge is -2.28. The number of halogens is 2. The van der Waals surface area contributed by atoms with Crippen molar-refractivity contribution in [3.05, 3.63) is 33.8 Å². The van der Waals surface area contributed by atoms with Gasteiger partial charge in [-0.15, -0.1) is 5.06 Å². The van der Waals surface area contributed by atoms with Gasteiger partial charge in [0.25, 0.3) is 0 Å². The summed E-state index contributed by atoms with van der Waals surface area (Å²) < 4.78 is 0. The molecule has 1 aromatic carbocycles. The second-order valence-electron chi connectivity index (χ2n) is 7.73. The minimum Gasteiger partial charge on any atom is -0.367 e. The maximum Gasteiger partial charge on any atom is 0.330 e. The van der Waals surface area contributed by atoms with E-state index in [1.165, 1.54) is 0 Å². The van der Waals surface area contributed by atoms with Crippen LogP contribution < -0.4 is 0 Å². The maximum atomic E-state index is 13.2. The number of benzene rings is 1. The molecule has 0 bridgehead atoms. The molecule has 1 aromatic rings. The van der Waals surface area contributed by atoms with Crippen molar-refractivity contribution < 1.29 is 14.4 Å². The number of rotatable bonds is 5. The summed E-state index contributed by atoms with van der Waals surface area (Å²) in [5.41, 5.74) is -0.597. The molecule has 1 heterocycles. The number of hydroxylamine groups is 2.